The van der Waals surface area contributed by atoms with Crippen LogP contribution in [0, 0.1) is 6.92 Å². The molecule has 0 saturated heterocycles. The molecule has 6 aromatic rings. The third-order valence-electron chi connectivity index (χ3n) is 6.83. The highest BCUT2D eigenvalue weighted by atomic mass is 32.1. The number of nitrogens with zero attached hydrogens (tertiary/aromatic N) is 5. The van der Waals surface area contributed by atoms with Crippen LogP contribution in [0.25, 0.3) is 40.1 Å². The molecule has 9 nitrogen and oxygen atoms in total. The quantitative estimate of drug-likeness (QED) is 0.221. The number of aromatic nitrogens is 5. The molecule has 3 aromatic heterocycles. The van der Waals surface area contributed by atoms with Crippen molar-refractivity contribution in [3.8, 4) is 34.2 Å². The van der Waals surface area contributed by atoms with Crippen molar-refractivity contribution in [2.75, 3.05) is 20.8 Å². The Bertz CT molecular complexity index is 2060. The Morgan fingerprint density at radius 1 is 0.907 bits per heavy atom. The third-order valence-corrected chi connectivity index (χ3v) is 7.79. The molecule has 0 N–H and O–H groups in total. The topological polar surface area (TPSA) is 92.8 Å². The lowest BCUT2D eigenvalue weighted by Gasteiger charge is -2.09. The maximum Gasteiger partial charge on any atom is 0.291 e. The van der Waals surface area contributed by atoms with Crippen LogP contribution in [0.2, 0.25) is 0 Å². The Morgan fingerprint density at radius 2 is 1.70 bits per heavy atom. The van der Waals surface area contributed by atoms with E-state index in [9.17, 15) is 4.79 Å². The van der Waals surface area contributed by atoms with Gasteiger partial charge in [-0.2, -0.15) is 14.6 Å². The fourth-order valence-corrected chi connectivity index (χ4v) is 5.66. The van der Waals surface area contributed by atoms with Gasteiger partial charge in [0.2, 0.25) is 4.96 Å². The van der Waals surface area contributed by atoms with Crippen LogP contribution in [-0.4, -0.2) is 45.2 Å². The molecule has 43 heavy (non-hydrogen) atoms. The number of rotatable bonds is 9. The minimum Gasteiger partial charge on any atom is -0.496 e. The highest BCUT2D eigenvalue weighted by molar-refractivity contribution is 7.15. The van der Waals surface area contributed by atoms with Crippen LogP contribution in [0.4, 0.5) is 0 Å². The fourth-order valence-electron chi connectivity index (χ4n) is 4.75. The summed E-state index contributed by atoms with van der Waals surface area (Å²) < 4.78 is 20.1. The van der Waals surface area contributed by atoms with Gasteiger partial charge in [0.25, 0.3) is 5.56 Å². The molecule has 0 unspecified atom stereocenters. The van der Waals surface area contributed by atoms with Crippen molar-refractivity contribution < 1.29 is 14.2 Å². The number of benzene rings is 3. The lowest BCUT2D eigenvalue weighted by atomic mass is 10.0. The molecule has 0 spiro atoms. The molecular formula is C33H29N5O4S. The lowest BCUT2D eigenvalue weighted by Crippen LogP contribution is -2.23. The molecular weight excluding hydrogens is 562 g/mol. The summed E-state index contributed by atoms with van der Waals surface area (Å²) in [5, 5.41) is 9.34. The lowest BCUT2D eigenvalue weighted by molar-refractivity contribution is 0.311. The molecule has 0 amide bonds. The number of hydrogen-bond acceptors (Lipinski definition) is 8. The first kappa shape index (κ1) is 27.9. The Kier molecular flexibility index (Phi) is 7.76. The van der Waals surface area contributed by atoms with Gasteiger partial charge < -0.3 is 14.2 Å². The Balaban J connectivity index is 1.36. The number of para-hydroxylation sites is 1. The van der Waals surface area contributed by atoms with E-state index in [4.69, 9.17) is 19.3 Å². The first-order chi connectivity index (χ1) is 21.0. The smallest absolute Gasteiger partial charge is 0.291 e. The summed E-state index contributed by atoms with van der Waals surface area (Å²) in [6.45, 7) is 4.47. The zero-order chi connectivity index (χ0) is 29.9. The van der Waals surface area contributed by atoms with E-state index in [-0.39, 0.29) is 5.56 Å². The summed E-state index contributed by atoms with van der Waals surface area (Å²) in [6, 6.07) is 21.5. The molecule has 3 heterocycles. The Morgan fingerprint density at radius 3 is 2.42 bits per heavy atom. The van der Waals surface area contributed by atoms with Crippen molar-refractivity contribution >= 4 is 34.5 Å². The number of thiazole rings is 1. The van der Waals surface area contributed by atoms with Gasteiger partial charge in [0.1, 0.15) is 11.4 Å². The molecule has 216 valence electrons. The first-order valence-electron chi connectivity index (χ1n) is 13.7. The Labute approximate surface area is 251 Å². The maximum atomic E-state index is 13.4. The van der Waals surface area contributed by atoms with Gasteiger partial charge in [0, 0.05) is 17.3 Å². The molecule has 6 rings (SSSR count). The second-order valence-corrected chi connectivity index (χ2v) is 10.7. The van der Waals surface area contributed by atoms with Crippen LogP contribution in [0.5, 0.6) is 17.2 Å². The number of hydrogen-bond donors (Lipinski definition) is 0. The van der Waals surface area contributed by atoms with Crippen LogP contribution in [0.1, 0.15) is 29.4 Å². The van der Waals surface area contributed by atoms with E-state index < -0.39 is 0 Å². The van der Waals surface area contributed by atoms with Gasteiger partial charge in [-0.3, -0.25) is 4.79 Å². The number of methoxy groups -OCH3 is 2. The summed E-state index contributed by atoms with van der Waals surface area (Å²) >= 11 is 1.29. The van der Waals surface area contributed by atoms with Gasteiger partial charge in [0.05, 0.1) is 31.0 Å². The second-order valence-electron chi connectivity index (χ2n) is 9.65. The van der Waals surface area contributed by atoms with E-state index in [0.717, 1.165) is 39.4 Å². The molecule has 0 atom stereocenters. The van der Waals surface area contributed by atoms with Crippen molar-refractivity contribution in [1.82, 2.24) is 24.4 Å². The first-order valence-corrected chi connectivity index (χ1v) is 14.5. The van der Waals surface area contributed by atoms with Gasteiger partial charge in [-0.25, -0.2) is 4.68 Å². The highest BCUT2D eigenvalue weighted by Gasteiger charge is 2.15. The SMILES string of the molecule is CCOc1ccc(/C=C/c2nc3s/c(=C\c4cn(-c5ccccc5)nc4-c4ccc(OC)c(C)c4)c(=O)n3n2)cc1OC. The van der Waals surface area contributed by atoms with Gasteiger partial charge >= 0.3 is 0 Å². The van der Waals surface area contributed by atoms with Crippen LogP contribution in [-0.2, 0) is 0 Å². The van der Waals surface area contributed by atoms with Crippen LogP contribution >= 0.6 is 11.3 Å². The standard InChI is InChI=1S/C33H29N5O4S/c1-5-42-27-14-11-22(18-28(27)41-4)12-16-30-34-33-38(35-30)32(39)29(43-33)19-24-20-37(25-9-7-6-8-10-25)36-31(24)23-13-15-26(40-3)21(2)17-23/h6-20H,5H2,1-4H3/b16-12+,29-19-. The molecule has 0 aliphatic rings. The monoisotopic (exact) mass is 591 g/mol. The minimum atomic E-state index is -0.237. The minimum absolute atomic E-state index is 0.237. The molecule has 0 aliphatic heterocycles. The van der Waals surface area contributed by atoms with Crippen molar-refractivity contribution in [2.45, 2.75) is 13.8 Å². The summed E-state index contributed by atoms with van der Waals surface area (Å²) in [5.74, 6) is 2.57. The summed E-state index contributed by atoms with van der Waals surface area (Å²) in [4.78, 5) is 18.5. The largest absolute Gasteiger partial charge is 0.496 e. The summed E-state index contributed by atoms with van der Waals surface area (Å²) in [5.41, 5.74) is 5.05. The normalized spacial score (nSPS) is 12.0. The van der Waals surface area contributed by atoms with Gasteiger partial charge in [-0.1, -0.05) is 41.7 Å². The van der Waals surface area contributed by atoms with Gasteiger partial charge in [0.15, 0.2) is 17.3 Å². The van der Waals surface area contributed by atoms with E-state index in [0.29, 0.717) is 33.4 Å². The van der Waals surface area contributed by atoms with Crippen LogP contribution in [0.15, 0.2) is 77.7 Å². The van der Waals surface area contributed by atoms with Crippen molar-refractivity contribution in [3.63, 3.8) is 0 Å². The average Bonchev–Trinajstić information content (AvgIpc) is 3.71. The zero-order valence-electron chi connectivity index (χ0n) is 24.1. The molecule has 0 bridgehead atoms. The predicted octanol–water partition coefficient (Wildman–Crippen LogP) is 5.45. The van der Waals surface area contributed by atoms with E-state index in [1.807, 2.05) is 104 Å². The number of fused-ring (bicyclic) bond motifs is 1. The van der Waals surface area contributed by atoms with E-state index in [1.54, 1.807) is 20.3 Å². The second kappa shape index (κ2) is 11.9. The van der Waals surface area contributed by atoms with Crippen LogP contribution in [0.3, 0.4) is 0 Å². The summed E-state index contributed by atoms with van der Waals surface area (Å²) in [7, 11) is 3.26. The van der Waals surface area contributed by atoms with Crippen molar-refractivity contribution in [1.29, 1.82) is 0 Å². The van der Waals surface area contributed by atoms with Crippen molar-refractivity contribution in [3.05, 3.63) is 110 Å². The fraction of sp³-hybridized carbons (Fsp3) is 0.152. The molecule has 0 saturated carbocycles. The molecule has 3 aromatic carbocycles. The van der Waals surface area contributed by atoms with Crippen LogP contribution < -0.4 is 24.3 Å². The number of ether oxygens (including phenoxy) is 3. The summed E-state index contributed by atoms with van der Waals surface area (Å²) in [6.07, 6.45) is 7.42. The zero-order valence-corrected chi connectivity index (χ0v) is 25.0. The molecule has 0 aliphatic carbocycles. The van der Waals surface area contributed by atoms with E-state index in [1.165, 1.54) is 15.9 Å². The maximum absolute atomic E-state index is 13.4. The Hall–Kier alpha value is -5.22. The van der Waals surface area contributed by atoms with Gasteiger partial charge in [-0.15, -0.1) is 5.10 Å². The van der Waals surface area contributed by atoms with E-state index in [2.05, 4.69) is 10.1 Å². The molecule has 0 radical (unpaired) electrons. The van der Waals surface area contributed by atoms with Crippen molar-refractivity contribution in [2.24, 2.45) is 0 Å². The molecule has 10 heteroatoms. The average molecular weight is 592 g/mol. The van der Waals surface area contributed by atoms with Gasteiger partial charge in [-0.05, 0) is 79.6 Å². The number of aryl methyl sites for hydroxylation is 1. The highest BCUT2D eigenvalue weighted by Crippen LogP contribution is 2.30. The molecule has 0 fully saturated rings. The predicted molar refractivity (Wildman–Crippen MR) is 169 cm³/mol. The third kappa shape index (κ3) is 5.64. The van der Waals surface area contributed by atoms with E-state index >= 15 is 0 Å².